The SMILES string of the molecule is Fc1cc(Cl)cc(NCC2CCCCO2)c1. The zero-order valence-corrected chi connectivity index (χ0v) is 9.77. The van der Waals surface area contributed by atoms with Gasteiger partial charge in [0.2, 0.25) is 0 Å². The highest BCUT2D eigenvalue weighted by atomic mass is 35.5. The third kappa shape index (κ3) is 3.35. The first-order valence-electron chi connectivity index (χ1n) is 5.55. The van der Waals surface area contributed by atoms with Crippen molar-refractivity contribution in [2.24, 2.45) is 0 Å². The highest BCUT2D eigenvalue weighted by Gasteiger charge is 2.13. The van der Waals surface area contributed by atoms with Crippen LogP contribution < -0.4 is 5.32 Å². The average Bonchev–Trinajstić information content (AvgIpc) is 2.27. The second-order valence-electron chi connectivity index (χ2n) is 4.03. The first kappa shape index (κ1) is 11.7. The molecule has 88 valence electrons. The van der Waals surface area contributed by atoms with Crippen molar-refractivity contribution in [3.05, 3.63) is 29.0 Å². The molecule has 1 aromatic rings. The molecular weight excluding hydrogens is 229 g/mol. The maximum absolute atomic E-state index is 13.0. The first-order chi connectivity index (χ1) is 7.74. The number of rotatable bonds is 3. The molecule has 1 saturated heterocycles. The average molecular weight is 244 g/mol. The molecule has 0 amide bonds. The van der Waals surface area contributed by atoms with Crippen LogP contribution in [0.3, 0.4) is 0 Å². The van der Waals surface area contributed by atoms with E-state index in [2.05, 4.69) is 5.32 Å². The van der Waals surface area contributed by atoms with Gasteiger partial charge in [-0.25, -0.2) is 4.39 Å². The Morgan fingerprint density at radius 3 is 2.94 bits per heavy atom. The topological polar surface area (TPSA) is 21.3 Å². The summed E-state index contributed by atoms with van der Waals surface area (Å²) in [4.78, 5) is 0. The first-order valence-corrected chi connectivity index (χ1v) is 5.93. The summed E-state index contributed by atoms with van der Waals surface area (Å²) in [6, 6.07) is 4.45. The summed E-state index contributed by atoms with van der Waals surface area (Å²) in [7, 11) is 0. The van der Waals surface area contributed by atoms with E-state index in [1.165, 1.54) is 18.6 Å². The zero-order valence-electron chi connectivity index (χ0n) is 9.01. The van der Waals surface area contributed by atoms with Gasteiger partial charge >= 0.3 is 0 Å². The van der Waals surface area contributed by atoms with Crippen LogP contribution in [0.5, 0.6) is 0 Å². The fraction of sp³-hybridized carbons (Fsp3) is 0.500. The van der Waals surface area contributed by atoms with Crippen LogP contribution in [0.25, 0.3) is 0 Å². The normalized spacial score (nSPS) is 20.8. The van der Waals surface area contributed by atoms with Gasteiger partial charge in [0.15, 0.2) is 0 Å². The minimum absolute atomic E-state index is 0.232. The van der Waals surface area contributed by atoms with Crippen molar-refractivity contribution >= 4 is 17.3 Å². The number of benzene rings is 1. The third-order valence-electron chi connectivity index (χ3n) is 2.67. The van der Waals surface area contributed by atoms with Crippen molar-refractivity contribution in [3.63, 3.8) is 0 Å². The van der Waals surface area contributed by atoms with E-state index in [-0.39, 0.29) is 11.9 Å². The molecule has 2 rings (SSSR count). The van der Waals surface area contributed by atoms with E-state index in [4.69, 9.17) is 16.3 Å². The van der Waals surface area contributed by atoms with Gasteiger partial charge in [0.05, 0.1) is 6.10 Å². The van der Waals surface area contributed by atoms with Gasteiger partial charge in [-0.1, -0.05) is 11.6 Å². The minimum atomic E-state index is -0.320. The summed E-state index contributed by atoms with van der Waals surface area (Å²) in [5.74, 6) is -0.320. The van der Waals surface area contributed by atoms with E-state index >= 15 is 0 Å². The second kappa shape index (κ2) is 5.51. The number of anilines is 1. The lowest BCUT2D eigenvalue weighted by molar-refractivity contribution is 0.0247. The van der Waals surface area contributed by atoms with Crippen LogP contribution >= 0.6 is 11.6 Å². The largest absolute Gasteiger partial charge is 0.382 e. The standard InChI is InChI=1S/C12H15ClFNO/c13-9-5-10(14)7-11(6-9)15-8-12-3-1-2-4-16-12/h5-7,12,15H,1-4,8H2. The summed E-state index contributed by atoms with van der Waals surface area (Å²) >= 11 is 5.76. The van der Waals surface area contributed by atoms with Gasteiger partial charge < -0.3 is 10.1 Å². The zero-order chi connectivity index (χ0) is 11.4. The van der Waals surface area contributed by atoms with Crippen molar-refractivity contribution in [2.75, 3.05) is 18.5 Å². The van der Waals surface area contributed by atoms with Crippen LogP contribution in [0, 0.1) is 5.82 Å². The molecule has 16 heavy (non-hydrogen) atoms. The van der Waals surface area contributed by atoms with Crippen LogP contribution in [0.2, 0.25) is 5.02 Å². The van der Waals surface area contributed by atoms with Crippen LogP contribution in [0.4, 0.5) is 10.1 Å². The second-order valence-corrected chi connectivity index (χ2v) is 4.46. The van der Waals surface area contributed by atoms with Crippen molar-refractivity contribution < 1.29 is 9.13 Å². The molecule has 4 heteroatoms. The minimum Gasteiger partial charge on any atom is -0.382 e. The summed E-state index contributed by atoms with van der Waals surface area (Å²) in [6.07, 6.45) is 3.64. The molecule has 1 N–H and O–H groups in total. The van der Waals surface area contributed by atoms with Crippen molar-refractivity contribution in [3.8, 4) is 0 Å². The smallest absolute Gasteiger partial charge is 0.126 e. The molecule has 0 aromatic heterocycles. The third-order valence-corrected chi connectivity index (χ3v) is 2.89. The van der Waals surface area contributed by atoms with E-state index in [0.717, 1.165) is 19.4 Å². The molecule has 1 unspecified atom stereocenters. The molecule has 1 aromatic carbocycles. The number of hydrogen-bond donors (Lipinski definition) is 1. The van der Waals surface area contributed by atoms with E-state index in [9.17, 15) is 4.39 Å². The summed E-state index contributed by atoms with van der Waals surface area (Å²) in [5, 5.41) is 3.56. The highest BCUT2D eigenvalue weighted by Crippen LogP contribution is 2.19. The predicted molar refractivity (Wildman–Crippen MR) is 63.5 cm³/mol. The molecule has 0 radical (unpaired) electrons. The Kier molecular flexibility index (Phi) is 4.02. The fourth-order valence-electron chi connectivity index (χ4n) is 1.86. The quantitative estimate of drug-likeness (QED) is 0.878. The number of hydrogen-bond acceptors (Lipinski definition) is 2. The van der Waals surface area contributed by atoms with Gasteiger partial charge in [-0.3, -0.25) is 0 Å². The van der Waals surface area contributed by atoms with Crippen molar-refractivity contribution in [1.29, 1.82) is 0 Å². The Balaban J connectivity index is 1.88. The Bertz CT molecular complexity index is 333. The van der Waals surface area contributed by atoms with Crippen LogP contribution in [0.15, 0.2) is 18.2 Å². The molecule has 1 heterocycles. The Labute approximate surface area is 99.7 Å². The highest BCUT2D eigenvalue weighted by molar-refractivity contribution is 6.30. The van der Waals surface area contributed by atoms with E-state index in [1.807, 2.05) is 0 Å². The Morgan fingerprint density at radius 2 is 2.25 bits per heavy atom. The summed E-state index contributed by atoms with van der Waals surface area (Å²) in [5.41, 5.74) is 0.708. The number of ether oxygens (including phenoxy) is 1. The van der Waals surface area contributed by atoms with Gasteiger partial charge in [-0.2, -0.15) is 0 Å². The molecule has 1 aliphatic heterocycles. The molecule has 1 fully saturated rings. The lowest BCUT2D eigenvalue weighted by Crippen LogP contribution is -2.26. The maximum Gasteiger partial charge on any atom is 0.126 e. The van der Waals surface area contributed by atoms with Gasteiger partial charge in [-0.15, -0.1) is 0 Å². The van der Waals surface area contributed by atoms with Crippen molar-refractivity contribution in [1.82, 2.24) is 0 Å². The van der Waals surface area contributed by atoms with Gasteiger partial charge in [0.25, 0.3) is 0 Å². The molecule has 0 aliphatic carbocycles. The van der Waals surface area contributed by atoms with E-state index in [0.29, 0.717) is 17.3 Å². The predicted octanol–water partition coefficient (Wildman–Crippen LogP) is 3.46. The van der Waals surface area contributed by atoms with Crippen LogP contribution in [0.1, 0.15) is 19.3 Å². The molecule has 0 saturated carbocycles. The molecule has 2 nitrogen and oxygen atoms in total. The van der Waals surface area contributed by atoms with Crippen LogP contribution in [-0.4, -0.2) is 19.3 Å². The van der Waals surface area contributed by atoms with Gasteiger partial charge in [-0.05, 0) is 37.5 Å². The Morgan fingerprint density at radius 1 is 1.38 bits per heavy atom. The molecular formula is C12H15ClFNO. The van der Waals surface area contributed by atoms with E-state index < -0.39 is 0 Å². The maximum atomic E-state index is 13.0. The number of nitrogens with one attached hydrogen (secondary N) is 1. The van der Waals surface area contributed by atoms with E-state index in [1.54, 1.807) is 6.07 Å². The fourth-order valence-corrected chi connectivity index (χ4v) is 2.08. The Hall–Kier alpha value is -0.800. The van der Waals surface area contributed by atoms with Crippen molar-refractivity contribution in [2.45, 2.75) is 25.4 Å². The molecule has 0 bridgehead atoms. The monoisotopic (exact) mass is 243 g/mol. The summed E-state index contributed by atoms with van der Waals surface area (Å²) < 4.78 is 18.6. The summed E-state index contributed by atoms with van der Waals surface area (Å²) in [6.45, 7) is 1.54. The number of halogens is 2. The van der Waals surface area contributed by atoms with Gasteiger partial charge in [0.1, 0.15) is 5.82 Å². The molecule has 1 aliphatic rings. The van der Waals surface area contributed by atoms with Crippen LogP contribution in [-0.2, 0) is 4.74 Å². The van der Waals surface area contributed by atoms with Gasteiger partial charge in [0, 0.05) is 23.9 Å². The lowest BCUT2D eigenvalue weighted by Gasteiger charge is -2.23. The molecule has 0 spiro atoms. The molecule has 1 atom stereocenters. The lowest BCUT2D eigenvalue weighted by atomic mass is 10.1.